The van der Waals surface area contributed by atoms with Gasteiger partial charge in [0.05, 0.1) is 31.0 Å². The normalized spacial score (nSPS) is 14.6. The number of phenols is 1. The molecule has 0 bridgehead atoms. The number of rotatable bonds is 6. The Balaban J connectivity index is 1.66. The fraction of sp³-hybridized carbons (Fsp3) is 0.148. The predicted octanol–water partition coefficient (Wildman–Crippen LogP) is 4.72. The fourth-order valence-electron chi connectivity index (χ4n) is 4.38. The number of anilines is 1. The highest BCUT2D eigenvalue weighted by Crippen LogP contribution is 2.46. The first-order valence-electron chi connectivity index (χ1n) is 11.1. The maximum Gasteiger partial charge on any atom is 0.338 e. The van der Waals surface area contributed by atoms with Gasteiger partial charge < -0.3 is 14.6 Å². The largest absolute Gasteiger partial charge is 0.504 e. The van der Waals surface area contributed by atoms with Crippen LogP contribution in [-0.2, 0) is 4.74 Å². The average Bonchev–Trinajstić information content (AvgIpc) is 3.44. The first-order chi connectivity index (χ1) is 17.0. The number of aromatic nitrogens is 2. The summed E-state index contributed by atoms with van der Waals surface area (Å²) >= 11 is 0. The number of carbonyl (C=O) groups is 2. The van der Waals surface area contributed by atoms with Gasteiger partial charge in [-0.3, -0.25) is 14.8 Å². The second-order valence-electron chi connectivity index (χ2n) is 8.00. The molecule has 1 amide bonds. The molecule has 8 heteroatoms. The summed E-state index contributed by atoms with van der Waals surface area (Å²) in [7, 11) is 1.48. The summed E-state index contributed by atoms with van der Waals surface area (Å²) in [6.07, 6.45) is 0. The van der Waals surface area contributed by atoms with E-state index in [4.69, 9.17) is 9.47 Å². The number of aromatic amines is 1. The lowest BCUT2D eigenvalue weighted by molar-refractivity contribution is 0.0526. The molecule has 3 aromatic carbocycles. The van der Waals surface area contributed by atoms with E-state index in [9.17, 15) is 14.7 Å². The number of fused-ring (bicyclic) bond motifs is 1. The van der Waals surface area contributed by atoms with E-state index in [0.29, 0.717) is 28.4 Å². The van der Waals surface area contributed by atoms with E-state index >= 15 is 0 Å². The van der Waals surface area contributed by atoms with Gasteiger partial charge in [0, 0.05) is 16.8 Å². The number of amides is 1. The van der Waals surface area contributed by atoms with Gasteiger partial charge >= 0.3 is 5.97 Å². The molecule has 1 aliphatic rings. The van der Waals surface area contributed by atoms with Crippen molar-refractivity contribution in [2.24, 2.45) is 0 Å². The van der Waals surface area contributed by atoms with Crippen molar-refractivity contribution in [2.45, 2.75) is 13.0 Å². The third-order valence-electron chi connectivity index (χ3n) is 5.99. The number of methoxy groups -OCH3 is 1. The molecule has 4 aromatic rings. The van der Waals surface area contributed by atoms with Crippen LogP contribution in [0.3, 0.4) is 0 Å². The van der Waals surface area contributed by atoms with Crippen molar-refractivity contribution in [1.29, 1.82) is 0 Å². The zero-order valence-corrected chi connectivity index (χ0v) is 19.2. The average molecular weight is 469 g/mol. The third kappa shape index (κ3) is 3.78. The molecule has 0 spiro atoms. The number of phenolic OH excluding ortho intramolecular Hbond substituents is 1. The summed E-state index contributed by atoms with van der Waals surface area (Å²) in [5.74, 6) is -0.379. The molecule has 5 rings (SSSR count). The second-order valence-corrected chi connectivity index (χ2v) is 8.00. The SMILES string of the molecule is CCOC(=O)c1ccc(N2C(=O)c3[nH]nc(-c4ccccc4)c3C2c2ccc(O)c(OC)c2)cc1. The van der Waals surface area contributed by atoms with Crippen LogP contribution in [0.1, 0.15) is 44.9 Å². The van der Waals surface area contributed by atoms with Crippen molar-refractivity contribution in [3.05, 3.63) is 95.2 Å². The van der Waals surface area contributed by atoms with Crippen molar-refractivity contribution >= 4 is 17.6 Å². The highest BCUT2D eigenvalue weighted by molar-refractivity contribution is 6.12. The summed E-state index contributed by atoms with van der Waals surface area (Å²) in [5, 5.41) is 17.5. The van der Waals surface area contributed by atoms with E-state index in [-0.39, 0.29) is 18.3 Å². The van der Waals surface area contributed by atoms with E-state index in [2.05, 4.69) is 10.2 Å². The highest BCUT2D eigenvalue weighted by atomic mass is 16.5. The lowest BCUT2D eigenvalue weighted by atomic mass is 9.95. The van der Waals surface area contributed by atoms with E-state index in [1.807, 2.05) is 30.3 Å². The molecular formula is C27H23N3O5. The van der Waals surface area contributed by atoms with Gasteiger partial charge in [-0.1, -0.05) is 36.4 Å². The first-order valence-corrected chi connectivity index (χ1v) is 11.1. The summed E-state index contributed by atoms with van der Waals surface area (Å²) in [5.41, 5.74) is 4.38. The van der Waals surface area contributed by atoms with Crippen LogP contribution in [0.4, 0.5) is 5.69 Å². The van der Waals surface area contributed by atoms with Crippen LogP contribution in [0.25, 0.3) is 11.3 Å². The minimum absolute atomic E-state index is 0.00149. The van der Waals surface area contributed by atoms with Crippen molar-refractivity contribution in [1.82, 2.24) is 10.2 Å². The smallest absolute Gasteiger partial charge is 0.338 e. The minimum Gasteiger partial charge on any atom is -0.504 e. The molecule has 0 aliphatic carbocycles. The Kier molecular flexibility index (Phi) is 5.70. The maximum absolute atomic E-state index is 13.7. The molecule has 1 unspecified atom stereocenters. The first kappa shape index (κ1) is 22.2. The zero-order chi connectivity index (χ0) is 24.5. The molecule has 1 aliphatic heterocycles. The van der Waals surface area contributed by atoms with Crippen LogP contribution in [0.2, 0.25) is 0 Å². The van der Waals surface area contributed by atoms with E-state index in [0.717, 1.165) is 16.7 Å². The van der Waals surface area contributed by atoms with Gasteiger partial charge in [0.2, 0.25) is 0 Å². The van der Waals surface area contributed by atoms with Crippen LogP contribution < -0.4 is 9.64 Å². The molecule has 0 fully saturated rings. The van der Waals surface area contributed by atoms with E-state index in [1.165, 1.54) is 7.11 Å². The summed E-state index contributed by atoms with van der Waals surface area (Å²) in [6, 6.07) is 20.8. The van der Waals surface area contributed by atoms with Gasteiger partial charge in [0.25, 0.3) is 5.91 Å². The van der Waals surface area contributed by atoms with Crippen LogP contribution >= 0.6 is 0 Å². The van der Waals surface area contributed by atoms with Gasteiger partial charge in [-0.15, -0.1) is 0 Å². The molecule has 35 heavy (non-hydrogen) atoms. The van der Waals surface area contributed by atoms with Crippen LogP contribution in [-0.4, -0.2) is 40.9 Å². The molecule has 176 valence electrons. The standard InChI is InChI=1S/C27H23N3O5/c1-3-35-27(33)17-9-12-19(13-10-17)30-25(18-11-14-20(31)21(15-18)34-2)22-23(16-7-5-4-6-8-16)28-29-24(22)26(30)32/h4-15,25,31H,3H2,1-2H3,(H,28,29). The van der Waals surface area contributed by atoms with Crippen molar-refractivity contribution in [2.75, 3.05) is 18.6 Å². The number of H-pyrrole nitrogens is 1. The molecule has 1 atom stereocenters. The topological polar surface area (TPSA) is 105 Å². The number of hydrogen-bond acceptors (Lipinski definition) is 6. The molecule has 2 N–H and O–H groups in total. The monoisotopic (exact) mass is 469 g/mol. The summed E-state index contributed by atoms with van der Waals surface area (Å²) in [4.78, 5) is 27.4. The number of benzene rings is 3. The van der Waals surface area contributed by atoms with Gasteiger partial charge in [-0.25, -0.2) is 4.79 Å². The molecule has 0 radical (unpaired) electrons. The minimum atomic E-state index is -0.547. The highest BCUT2D eigenvalue weighted by Gasteiger charge is 2.43. The number of esters is 1. The Bertz CT molecular complexity index is 1400. The van der Waals surface area contributed by atoms with Gasteiger partial charge in [0.1, 0.15) is 5.69 Å². The van der Waals surface area contributed by atoms with Crippen molar-refractivity contribution in [3.63, 3.8) is 0 Å². The van der Waals surface area contributed by atoms with Crippen LogP contribution in [0.15, 0.2) is 72.8 Å². The third-order valence-corrected chi connectivity index (χ3v) is 5.99. The van der Waals surface area contributed by atoms with Crippen LogP contribution in [0, 0.1) is 0 Å². The number of hydrogen-bond donors (Lipinski definition) is 2. The number of nitrogens with one attached hydrogen (secondary N) is 1. The molecule has 0 saturated heterocycles. The number of nitrogens with zero attached hydrogens (tertiary/aromatic N) is 2. The van der Waals surface area contributed by atoms with Crippen molar-refractivity contribution in [3.8, 4) is 22.8 Å². The van der Waals surface area contributed by atoms with E-state index in [1.54, 1.807) is 54.3 Å². The van der Waals surface area contributed by atoms with Gasteiger partial charge in [0.15, 0.2) is 11.5 Å². The second kappa shape index (κ2) is 8.98. The van der Waals surface area contributed by atoms with Gasteiger partial charge in [-0.2, -0.15) is 5.10 Å². The number of aromatic hydroxyl groups is 1. The quantitative estimate of drug-likeness (QED) is 0.396. The Morgan fingerprint density at radius 1 is 1.09 bits per heavy atom. The molecule has 1 aromatic heterocycles. The maximum atomic E-state index is 13.7. The molecule has 8 nitrogen and oxygen atoms in total. The Morgan fingerprint density at radius 2 is 1.83 bits per heavy atom. The summed E-state index contributed by atoms with van der Waals surface area (Å²) < 4.78 is 10.4. The molecule has 0 saturated carbocycles. The Labute approximate surface area is 201 Å². The van der Waals surface area contributed by atoms with Crippen molar-refractivity contribution < 1.29 is 24.2 Å². The number of carbonyl (C=O) groups excluding carboxylic acids is 2. The van der Waals surface area contributed by atoms with E-state index < -0.39 is 12.0 Å². The zero-order valence-electron chi connectivity index (χ0n) is 19.2. The lowest BCUT2D eigenvalue weighted by Gasteiger charge is -2.27. The predicted molar refractivity (Wildman–Crippen MR) is 130 cm³/mol. The Morgan fingerprint density at radius 3 is 2.51 bits per heavy atom. The fourth-order valence-corrected chi connectivity index (χ4v) is 4.38. The summed E-state index contributed by atoms with van der Waals surface area (Å²) in [6.45, 7) is 2.03. The number of ether oxygens (including phenoxy) is 2. The lowest BCUT2D eigenvalue weighted by Crippen LogP contribution is -2.29. The molecule has 2 heterocycles. The Hall–Kier alpha value is -4.59. The van der Waals surface area contributed by atoms with Gasteiger partial charge in [-0.05, 0) is 48.9 Å². The molecular weight excluding hydrogens is 446 g/mol. The van der Waals surface area contributed by atoms with Crippen LogP contribution in [0.5, 0.6) is 11.5 Å².